The smallest absolute Gasteiger partial charge is 0.263 e. The van der Waals surface area contributed by atoms with Gasteiger partial charge in [-0.05, 0) is 30.4 Å². The summed E-state index contributed by atoms with van der Waals surface area (Å²) in [4.78, 5) is 14.8. The summed E-state index contributed by atoms with van der Waals surface area (Å²) in [6.45, 7) is 0. The zero-order valence-corrected chi connectivity index (χ0v) is 16.8. The second-order valence-electron chi connectivity index (χ2n) is 5.46. The molecule has 138 valence electrons. The molecule has 27 heavy (non-hydrogen) atoms. The third kappa shape index (κ3) is 4.44. The Balaban J connectivity index is 1.81. The Labute approximate surface area is 168 Å². The number of sulfonamides is 1. The van der Waals surface area contributed by atoms with Gasteiger partial charge in [0.15, 0.2) is 5.13 Å². The molecule has 0 aliphatic heterocycles. The van der Waals surface area contributed by atoms with E-state index in [1.165, 1.54) is 24.4 Å². The summed E-state index contributed by atoms with van der Waals surface area (Å²) in [5, 5.41) is 11.3. The summed E-state index contributed by atoms with van der Waals surface area (Å²) in [6.07, 6.45) is 8.33. The molecule has 1 heterocycles. The van der Waals surface area contributed by atoms with Crippen molar-refractivity contribution < 1.29 is 17.9 Å². The predicted octanol–water partition coefficient (Wildman–Crippen LogP) is 3.02. The molecule has 0 saturated heterocycles. The van der Waals surface area contributed by atoms with Crippen molar-refractivity contribution in [3.05, 3.63) is 59.6 Å². The quantitative estimate of drug-likeness (QED) is 0.398. The standard InChI is InChI=1S/C17H12BrN3O4S2/c18-17(11-22)5-3-13(4-6-17)25-15-2-1-14(9-12(15)10-19)27(23,24)21-16-20-7-8-26-16/h1-9,11,13H,(H,20,21). The van der Waals surface area contributed by atoms with Crippen LogP contribution in [-0.4, -0.2) is 30.1 Å². The first-order valence-corrected chi connectivity index (χ1v) is 10.7. The Morgan fingerprint density at radius 3 is 2.70 bits per heavy atom. The number of nitrogens with one attached hydrogen (secondary N) is 1. The van der Waals surface area contributed by atoms with Crippen molar-refractivity contribution in [1.29, 1.82) is 5.26 Å². The van der Waals surface area contributed by atoms with Crippen molar-refractivity contribution in [3.8, 4) is 11.8 Å². The molecule has 0 atom stereocenters. The van der Waals surface area contributed by atoms with Crippen LogP contribution in [0.25, 0.3) is 0 Å². The fraction of sp³-hybridized carbons (Fsp3) is 0.118. The van der Waals surface area contributed by atoms with Crippen LogP contribution in [0, 0.1) is 11.3 Å². The molecule has 1 aromatic carbocycles. The molecule has 0 radical (unpaired) electrons. The van der Waals surface area contributed by atoms with Gasteiger partial charge in [0.25, 0.3) is 10.0 Å². The molecule has 0 bridgehead atoms. The third-order valence-electron chi connectivity index (χ3n) is 3.56. The Morgan fingerprint density at radius 1 is 1.37 bits per heavy atom. The van der Waals surface area contributed by atoms with Crippen molar-refractivity contribution >= 4 is 48.7 Å². The van der Waals surface area contributed by atoms with Gasteiger partial charge in [-0.2, -0.15) is 5.26 Å². The zero-order valence-electron chi connectivity index (χ0n) is 13.6. The lowest BCUT2D eigenvalue weighted by Crippen LogP contribution is -2.24. The van der Waals surface area contributed by atoms with Gasteiger partial charge in [0.05, 0.1) is 10.5 Å². The van der Waals surface area contributed by atoms with Gasteiger partial charge in [0.2, 0.25) is 0 Å². The number of rotatable bonds is 6. The first kappa shape index (κ1) is 19.3. The second-order valence-corrected chi connectivity index (χ2v) is 9.41. The molecule has 0 fully saturated rings. The van der Waals surface area contributed by atoms with Gasteiger partial charge >= 0.3 is 0 Å². The number of carbonyl (C=O) groups excluding carboxylic acids is 1. The Bertz CT molecular complexity index is 1040. The SMILES string of the molecule is N#Cc1cc(S(=O)(=O)Nc2nccs2)ccc1OC1C=CC(Br)(C=O)C=C1. The number of anilines is 1. The van der Waals surface area contributed by atoms with Gasteiger partial charge in [-0.1, -0.05) is 28.1 Å². The summed E-state index contributed by atoms with van der Waals surface area (Å²) < 4.78 is 32.1. The molecule has 3 rings (SSSR count). The van der Waals surface area contributed by atoms with Gasteiger partial charge in [-0.25, -0.2) is 13.4 Å². The number of hydrogen-bond donors (Lipinski definition) is 1. The van der Waals surface area contributed by atoms with Crippen LogP contribution in [0.3, 0.4) is 0 Å². The molecule has 0 saturated carbocycles. The lowest BCUT2D eigenvalue weighted by atomic mass is 10.0. The van der Waals surface area contributed by atoms with E-state index in [2.05, 4.69) is 25.6 Å². The number of halogens is 1. The predicted molar refractivity (Wildman–Crippen MR) is 104 cm³/mol. The Hall–Kier alpha value is -2.48. The van der Waals surface area contributed by atoms with E-state index in [1.807, 2.05) is 6.07 Å². The normalized spacial score (nSPS) is 21.4. The Kier molecular flexibility index (Phi) is 5.46. The van der Waals surface area contributed by atoms with Gasteiger partial charge in [0, 0.05) is 11.6 Å². The maximum absolute atomic E-state index is 12.4. The number of ether oxygens (including phenoxy) is 1. The van der Waals surface area contributed by atoms with Crippen molar-refractivity contribution in [3.63, 3.8) is 0 Å². The molecular formula is C17H12BrN3O4S2. The van der Waals surface area contributed by atoms with E-state index in [0.29, 0.717) is 0 Å². The Morgan fingerprint density at radius 2 is 2.11 bits per heavy atom. The number of nitrogens with zero attached hydrogens (tertiary/aromatic N) is 2. The number of carbonyl (C=O) groups is 1. The van der Waals surface area contributed by atoms with E-state index < -0.39 is 20.5 Å². The number of thiazole rings is 1. The summed E-state index contributed by atoms with van der Waals surface area (Å²) in [5.74, 6) is 0.234. The van der Waals surface area contributed by atoms with Gasteiger partial charge in [0.1, 0.15) is 28.5 Å². The molecule has 1 N–H and O–H groups in total. The van der Waals surface area contributed by atoms with Crippen LogP contribution in [0.2, 0.25) is 0 Å². The van der Waals surface area contributed by atoms with E-state index in [1.54, 1.807) is 29.7 Å². The van der Waals surface area contributed by atoms with Crippen LogP contribution in [0.15, 0.2) is 59.0 Å². The van der Waals surface area contributed by atoms with Crippen molar-refractivity contribution in [2.24, 2.45) is 0 Å². The molecule has 10 heteroatoms. The summed E-state index contributed by atoms with van der Waals surface area (Å²) in [5.41, 5.74) is 0.0740. The van der Waals surface area contributed by atoms with Gasteiger partial charge in [-0.15, -0.1) is 11.3 Å². The number of alkyl halides is 1. The van der Waals surface area contributed by atoms with Crippen LogP contribution in [0.1, 0.15) is 5.56 Å². The fourth-order valence-electron chi connectivity index (χ4n) is 2.22. The van der Waals surface area contributed by atoms with E-state index >= 15 is 0 Å². The number of allylic oxidation sites excluding steroid dienone is 2. The molecule has 0 amide bonds. The molecular weight excluding hydrogens is 454 g/mol. The summed E-state index contributed by atoms with van der Waals surface area (Å²) in [6, 6.07) is 5.95. The monoisotopic (exact) mass is 465 g/mol. The van der Waals surface area contributed by atoms with E-state index in [-0.39, 0.29) is 21.3 Å². The number of aldehydes is 1. The maximum atomic E-state index is 12.4. The minimum Gasteiger partial charge on any atom is -0.481 e. The highest BCUT2D eigenvalue weighted by Crippen LogP contribution is 2.28. The van der Waals surface area contributed by atoms with Crippen LogP contribution in [0.4, 0.5) is 5.13 Å². The van der Waals surface area contributed by atoms with E-state index in [0.717, 1.165) is 17.6 Å². The van der Waals surface area contributed by atoms with Crippen LogP contribution < -0.4 is 9.46 Å². The summed E-state index contributed by atoms with van der Waals surface area (Å²) >= 11 is 4.41. The number of hydrogen-bond acceptors (Lipinski definition) is 7. The molecule has 2 aromatic rings. The van der Waals surface area contributed by atoms with Crippen LogP contribution in [0.5, 0.6) is 5.75 Å². The highest BCUT2D eigenvalue weighted by atomic mass is 79.9. The first-order chi connectivity index (χ1) is 12.8. The van der Waals surface area contributed by atoms with Crippen LogP contribution in [-0.2, 0) is 14.8 Å². The second kappa shape index (κ2) is 7.64. The van der Waals surface area contributed by atoms with Crippen LogP contribution >= 0.6 is 27.3 Å². The van der Waals surface area contributed by atoms with Gasteiger partial charge in [-0.3, -0.25) is 4.72 Å². The highest BCUT2D eigenvalue weighted by Gasteiger charge is 2.24. The summed E-state index contributed by atoms with van der Waals surface area (Å²) in [7, 11) is -3.87. The highest BCUT2D eigenvalue weighted by molar-refractivity contribution is 9.10. The molecule has 0 spiro atoms. The molecule has 1 aliphatic rings. The minimum absolute atomic E-state index is 0.0724. The first-order valence-electron chi connectivity index (χ1n) is 7.52. The topological polar surface area (TPSA) is 109 Å². The molecule has 1 aromatic heterocycles. The minimum atomic E-state index is -3.87. The number of nitriles is 1. The van der Waals surface area contributed by atoms with E-state index in [4.69, 9.17) is 4.74 Å². The fourth-order valence-corrected chi connectivity index (χ4v) is 4.34. The third-order valence-corrected chi connectivity index (χ3v) is 6.43. The van der Waals surface area contributed by atoms with Crippen molar-refractivity contribution in [2.45, 2.75) is 15.3 Å². The number of benzene rings is 1. The zero-order chi connectivity index (χ0) is 19.5. The van der Waals surface area contributed by atoms with Crippen molar-refractivity contribution in [1.82, 2.24) is 4.98 Å². The van der Waals surface area contributed by atoms with Crippen molar-refractivity contribution in [2.75, 3.05) is 4.72 Å². The van der Waals surface area contributed by atoms with E-state index in [9.17, 15) is 18.5 Å². The largest absolute Gasteiger partial charge is 0.481 e. The lowest BCUT2D eigenvalue weighted by molar-refractivity contribution is -0.108. The molecule has 1 aliphatic carbocycles. The average molecular weight is 466 g/mol. The maximum Gasteiger partial charge on any atom is 0.263 e. The molecule has 0 unspecified atom stereocenters. The number of aromatic nitrogens is 1. The lowest BCUT2D eigenvalue weighted by Gasteiger charge is -2.21. The average Bonchev–Trinajstić information content (AvgIpc) is 3.16. The van der Waals surface area contributed by atoms with Gasteiger partial charge < -0.3 is 9.53 Å². The molecule has 7 nitrogen and oxygen atoms in total.